The van der Waals surface area contributed by atoms with Gasteiger partial charge in [0.15, 0.2) is 6.61 Å². The molecule has 0 aliphatic carbocycles. The SMILES string of the molecule is CC(C)N(CC#N)C(=O)COc1ccc(Cl)cc1. The molecule has 0 heterocycles. The summed E-state index contributed by atoms with van der Waals surface area (Å²) in [6.07, 6.45) is 0. The van der Waals surface area contributed by atoms with Crippen LogP contribution in [0.2, 0.25) is 5.02 Å². The highest BCUT2D eigenvalue weighted by Crippen LogP contribution is 2.15. The first-order chi connectivity index (χ1) is 8.54. The van der Waals surface area contributed by atoms with Gasteiger partial charge in [0, 0.05) is 11.1 Å². The Kier molecular flexibility index (Phi) is 5.47. The molecule has 0 unspecified atom stereocenters. The molecule has 4 nitrogen and oxygen atoms in total. The molecule has 5 heteroatoms. The maximum absolute atomic E-state index is 11.8. The number of hydrogen-bond donors (Lipinski definition) is 0. The van der Waals surface area contributed by atoms with Crippen LogP contribution in [-0.4, -0.2) is 30.0 Å². The van der Waals surface area contributed by atoms with Crippen LogP contribution in [0.15, 0.2) is 24.3 Å². The van der Waals surface area contributed by atoms with Gasteiger partial charge in [-0.3, -0.25) is 4.79 Å². The van der Waals surface area contributed by atoms with Crippen molar-refractivity contribution in [3.05, 3.63) is 29.3 Å². The van der Waals surface area contributed by atoms with Gasteiger partial charge in [-0.05, 0) is 38.1 Å². The molecule has 1 amide bonds. The fraction of sp³-hybridized carbons (Fsp3) is 0.385. The Hall–Kier alpha value is -1.73. The number of amides is 1. The third-order valence-electron chi connectivity index (χ3n) is 2.36. The Morgan fingerprint density at radius 3 is 2.56 bits per heavy atom. The zero-order valence-electron chi connectivity index (χ0n) is 10.4. The summed E-state index contributed by atoms with van der Waals surface area (Å²) in [6.45, 7) is 3.71. The van der Waals surface area contributed by atoms with Gasteiger partial charge in [-0.25, -0.2) is 0 Å². The monoisotopic (exact) mass is 266 g/mol. The molecular weight excluding hydrogens is 252 g/mol. The van der Waals surface area contributed by atoms with Crippen molar-refractivity contribution in [2.75, 3.05) is 13.2 Å². The number of halogens is 1. The van der Waals surface area contributed by atoms with Crippen LogP contribution in [0.5, 0.6) is 5.75 Å². The average molecular weight is 267 g/mol. The van der Waals surface area contributed by atoms with Crippen LogP contribution in [0.3, 0.4) is 0 Å². The Morgan fingerprint density at radius 2 is 2.06 bits per heavy atom. The molecule has 0 atom stereocenters. The van der Waals surface area contributed by atoms with Gasteiger partial charge in [-0.15, -0.1) is 0 Å². The second kappa shape index (κ2) is 6.87. The number of benzene rings is 1. The van der Waals surface area contributed by atoms with Crippen LogP contribution < -0.4 is 4.74 Å². The molecular formula is C13H15ClN2O2. The van der Waals surface area contributed by atoms with Crippen LogP contribution in [-0.2, 0) is 4.79 Å². The van der Waals surface area contributed by atoms with Crippen molar-refractivity contribution in [1.82, 2.24) is 4.90 Å². The summed E-state index contributed by atoms with van der Waals surface area (Å²) in [5.41, 5.74) is 0. The van der Waals surface area contributed by atoms with E-state index in [0.29, 0.717) is 10.8 Å². The van der Waals surface area contributed by atoms with Crippen LogP contribution >= 0.6 is 11.6 Å². The first-order valence-corrected chi connectivity index (χ1v) is 5.97. The molecule has 0 aliphatic rings. The summed E-state index contributed by atoms with van der Waals surface area (Å²) >= 11 is 5.74. The number of rotatable bonds is 5. The highest BCUT2D eigenvalue weighted by atomic mass is 35.5. The van der Waals surface area contributed by atoms with Crippen LogP contribution in [0.4, 0.5) is 0 Å². The van der Waals surface area contributed by atoms with Crippen molar-refractivity contribution in [2.45, 2.75) is 19.9 Å². The molecule has 1 aromatic rings. The fourth-order valence-electron chi connectivity index (χ4n) is 1.39. The molecule has 0 fully saturated rings. The average Bonchev–Trinajstić information content (AvgIpc) is 2.34. The number of ether oxygens (including phenoxy) is 1. The van der Waals surface area contributed by atoms with Gasteiger partial charge >= 0.3 is 0 Å². The minimum atomic E-state index is -0.207. The Morgan fingerprint density at radius 1 is 1.44 bits per heavy atom. The van der Waals surface area contributed by atoms with Gasteiger partial charge < -0.3 is 9.64 Å². The van der Waals surface area contributed by atoms with Gasteiger partial charge in [-0.1, -0.05) is 11.6 Å². The highest BCUT2D eigenvalue weighted by molar-refractivity contribution is 6.30. The summed E-state index contributed by atoms with van der Waals surface area (Å²) in [5, 5.41) is 9.26. The molecule has 0 saturated heterocycles. The van der Waals surface area contributed by atoms with E-state index in [2.05, 4.69) is 0 Å². The lowest BCUT2D eigenvalue weighted by Gasteiger charge is -2.23. The predicted octanol–water partition coefficient (Wildman–Crippen LogP) is 2.48. The Bertz CT molecular complexity index is 437. The van der Waals surface area contributed by atoms with E-state index in [-0.39, 0.29) is 25.1 Å². The molecule has 0 aromatic heterocycles. The molecule has 0 spiro atoms. The molecule has 0 radical (unpaired) electrons. The quantitative estimate of drug-likeness (QED) is 0.770. The Labute approximate surface area is 112 Å². The highest BCUT2D eigenvalue weighted by Gasteiger charge is 2.16. The van der Waals surface area contributed by atoms with Crippen LogP contribution in [0.1, 0.15) is 13.8 Å². The molecule has 1 rings (SSSR count). The number of nitriles is 1. The fourth-order valence-corrected chi connectivity index (χ4v) is 1.52. The van der Waals surface area contributed by atoms with E-state index in [9.17, 15) is 4.79 Å². The van der Waals surface area contributed by atoms with Gasteiger partial charge in [0.05, 0.1) is 6.07 Å². The second-order valence-corrected chi connectivity index (χ2v) is 4.45. The zero-order valence-corrected chi connectivity index (χ0v) is 11.1. The van der Waals surface area contributed by atoms with E-state index in [4.69, 9.17) is 21.6 Å². The predicted molar refractivity (Wildman–Crippen MR) is 69.4 cm³/mol. The van der Waals surface area contributed by atoms with Crippen molar-refractivity contribution in [3.8, 4) is 11.8 Å². The van der Waals surface area contributed by atoms with Gasteiger partial charge in [0.1, 0.15) is 12.3 Å². The van der Waals surface area contributed by atoms with Crippen LogP contribution in [0, 0.1) is 11.3 Å². The third kappa shape index (κ3) is 4.27. The van der Waals surface area contributed by atoms with Crippen molar-refractivity contribution < 1.29 is 9.53 Å². The number of carbonyl (C=O) groups excluding carboxylic acids is 1. The van der Waals surface area contributed by atoms with Gasteiger partial charge in [0.25, 0.3) is 5.91 Å². The molecule has 1 aromatic carbocycles. The molecule has 0 saturated carbocycles. The molecule has 0 N–H and O–H groups in total. The van der Waals surface area contributed by atoms with E-state index in [1.54, 1.807) is 24.3 Å². The number of nitrogens with zero attached hydrogens (tertiary/aromatic N) is 2. The standard InChI is InChI=1S/C13H15ClN2O2/c1-10(2)16(8-7-15)13(17)9-18-12-5-3-11(14)4-6-12/h3-6,10H,8-9H2,1-2H3. The maximum Gasteiger partial charge on any atom is 0.261 e. The van der Waals surface area contributed by atoms with Crippen molar-refractivity contribution in [2.24, 2.45) is 0 Å². The lowest BCUT2D eigenvalue weighted by molar-refractivity contribution is -0.134. The van der Waals surface area contributed by atoms with E-state index in [1.165, 1.54) is 4.90 Å². The lowest BCUT2D eigenvalue weighted by atomic mass is 10.3. The smallest absolute Gasteiger partial charge is 0.261 e. The summed E-state index contributed by atoms with van der Waals surface area (Å²) < 4.78 is 5.34. The first kappa shape index (κ1) is 14.3. The summed E-state index contributed by atoms with van der Waals surface area (Å²) in [4.78, 5) is 13.3. The van der Waals surface area contributed by atoms with E-state index < -0.39 is 0 Å². The van der Waals surface area contributed by atoms with Crippen molar-refractivity contribution in [1.29, 1.82) is 5.26 Å². The van der Waals surface area contributed by atoms with Crippen LogP contribution in [0.25, 0.3) is 0 Å². The van der Waals surface area contributed by atoms with Gasteiger partial charge in [0.2, 0.25) is 0 Å². The minimum absolute atomic E-state index is 0.0223. The first-order valence-electron chi connectivity index (χ1n) is 5.59. The zero-order chi connectivity index (χ0) is 13.5. The summed E-state index contributed by atoms with van der Waals surface area (Å²) in [6, 6.07) is 8.72. The summed E-state index contributed by atoms with van der Waals surface area (Å²) in [7, 11) is 0. The molecule has 0 bridgehead atoms. The lowest BCUT2D eigenvalue weighted by Crippen LogP contribution is -2.40. The Balaban J connectivity index is 2.54. The summed E-state index contributed by atoms with van der Waals surface area (Å²) in [5.74, 6) is 0.370. The van der Waals surface area contributed by atoms with Crippen molar-refractivity contribution >= 4 is 17.5 Å². The largest absolute Gasteiger partial charge is 0.484 e. The van der Waals surface area contributed by atoms with E-state index in [1.807, 2.05) is 19.9 Å². The third-order valence-corrected chi connectivity index (χ3v) is 2.61. The van der Waals surface area contributed by atoms with E-state index in [0.717, 1.165) is 0 Å². The second-order valence-electron chi connectivity index (χ2n) is 4.02. The minimum Gasteiger partial charge on any atom is -0.484 e. The number of carbonyl (C=O) groups is 1. The molecule has 18 heavy (non-hydrogen) atoms. The number of hydrogen-bond acceptors (Lipinski definition) is 3. The molecule has 96 valence electrons. The van der Waals surface area contributed by atoms with Crippen molar-refractivity contribution in [3.63, 3.8) is 0 Å². The van der Waals surface area contributed by atoms with Gasteiger partial charge in [-0.2, -0.15) is 5.26 Å². The molecule has 0 aliphatic heterocycles. The normalized spacial score (nSPS) is 9.94. The van der Waals surface area contributed by atoms with E-state index >= 15 is 0 Å². The topological polar surface area (TPSA) is 53.3 Å². The maximum atomic E-state index is 11.8.